The molecule has 0 radical (unpaired) electrons. The average molecular weight is 334 g/mol. The summed E-state index contributed by atoms with van der Waals surface area (Å²) >= 11 is 0. The van der Waals surface area contributed by atoms with Crippen LogP contribution in [0.1, 0.15) is 57.5 Å². The molecule has 2 rings (SSSR count). The van der Waals surface area contributed by atoms with E-state index in [0.29, 0.717) is 18.9 Å². The van der Waals surface area contributed by atoms with Crippen LogP contribution in [-0.2, 0) is 6.42 Å². The number of aromatic nitrogens is 2. The van der Waals surface area contributed by atoms with Gasteiger partial charge in [-0.05, 0) is 59.2 Å². The van der Waals surface area contributed by atoms with E-state index in [2.05, 4.69) is 18.9 Å². The second-order valence-electron chi connectivity index (χ2n) is 6.45. The van der Waals surface area contributed by atoms with Crippen LogP contribution in [0.25, 0.3) is 0 Å². The monoisotopic (exact) mass is 334 g/mol. The van der Waals surface area contributed by atoms with Gasteiger partial charge >= 0.3 is 0 Å². The van der Waals surface area contributed by atoms with Crippen LogP contribution >= 0.6 is 0 Å². The highest BCUT2D eigenvalue weighted by Gasteiger charge is 2.19. The molecule has 0 amide bonds. The number of hydrogen-bond acceptors (Lipinski definition) is 3. The molecule has 0 aliphatic rings. The van der Waals surface area contributed by atoms with Gasteiger partial charge in [0.15, 0.2) is 11.6 Å². The maximum absolute atomic E-state index is 14.1. The van der Waals surface area contributed by atoms with Crippen molar-refractivity contribution in [2.75, 3.05) is 6.61 Å². The fraction of sp³-hybridized carbons (Fsp3) is 0.526. The van der Waals surface area contributed by atoms with E-state index in [-0.39, 0.29) is 23.7 Å². The number of hydrogen-bond donors (Lipinski definition) is 0. The second kappa shape index (κ2) is 7.69. The smallest absolute Gasteiger partial charge is 0.236 e. The van der Waals surface area contributed by atoms with Crippen LogP contribution in [0.15, 0.2) is 18.2 Å². The Labute approximate surface area is 143 Å². The first kappa shape index (κ1) is 18.3. The van der Waals surface area contributed by atoms with Crippen molar-refractivity contribution >= 4 is 0 Å². The molecule has 0 aliphatic heterocycles. The van der Waals surface area contributed by atoms with Gasteiger partial charge in [-0.15, -0.1) is 5.10 Å². The predicted molar refractivity (Wildman–Crippen MR) is 93.5 cm³/mol. The third-order valence-corrected chi connectivity index (χ3v) is 3.75. The molecule has 0 bridgehead atoms. The highest BCUT2D eigenvalue weighted by molar-refractivity contribution is 5.38. The van der Waals surface area contributed by atoms with E-state index >= 15 is 0 Å². The van der Waals surface area contributed by atoms with Gasteiger partial charge < -0.3 is 9.47 Å². The number of rotatable bonds is 7. The van der Waals surface area contributed by atoms with Crippen LogP contribution in [0.3, 0.4) is 0 Å². The Morgan fingerprint density at radius 2 is 1.92 bits per heavy atom. The van der Waals surface area contributed by atoms with E-state index in [1.54, 1.807) is 6.07 Å². The molecule has 1 aromatic carbocycles. The van der Waals surface area contributed by atoms with Gasteiger partial charge in [-0.25, -0.2) is 4.39 Å². The highest BCUT2D eigenvalue weighted by Crippen LogP contribution is 2.28. The third kappa shape index (κ3) is 4.08. The Bertz CT molecular complexity index is 693. The van der Waals surface area contributed by atoms with Crippen LogP contribution in [0.4, 0.5) is 4.39 Å². The molecule has 0 saturated carbocycles. The molecule has 0 fully saturated rings. The summed E-state index contributed by atoms with van der Waals surface area (Å²) in [5, 5.41) is 4.59. The van der Waals surface area contributed by atoms with Crippen LogP contribution in [0, 0.1) is 12.7 Å². The summed E-state index contributed by atoms with van der Waals surface area (Å²) < 4.78 is 27.2. The van der Waals surface area contributed by atoms with Crippen molar-refractivity contribution in [1.82, 2.24) is 9.78 Å². The van der Waals surface area contributed by atoms with Crippen molar-refractivity contribution in [1.29, 1.82) is 0 Å². The maximum atomic E-state index is 14.1. The summed E-state index contributed by atoms with van der Waals surface area (Å²) in [7, 11) is 0. The molecule has 24 heavy (non-hydrogen) atoms. The third-order valence-electron chi connectivity index (χ3n) is 3.75. The van der Waals surface area contributed by atoms with Gasteiger partial charge in [0.1, 0.15) is 0 Å². The van der Waals surface area contributed by atoms with Crippen molar-refractivity contribution in [3.05, 3.63) is 40.8 Å². The molecule has 0 saturated heterocycles. The number of ether oxygens (including phenoxy) is 2. The standard InChI is InChI=1S/C19H27FN2O2/c1-7-23-18-9-8-15(11-17(18)20)10-16-14(6)22(12(2)3)21-19(16)24-13(4)5/h8-9,11-13H,7,10H2,1-6H3. The van der Waals surface area contributed by atoms with Gasteiger partial charge in [-0.2, -0.15) is 0 Å². The van der Waals surface area contributed by atoms with Gasteiger partial charge in [0.05, 0.1) is 12.7 Å². The van der Waals surface area contributed by atoms with Crippen molar-refractivity contribution in [2.24, 2.45) is 0 Å². The van der Waals surface area contributed by atoms with Crippen LogP contribution in [0.2, 0.25) is 0 Å². The lowest BCUT2D eigenvalue weighted by molar-refractivity contribution is 0.227. The molecule has 0 N–H and O–H groups in total. The molecule has 132 valence electrons. The first-order chi connectivity index (χ1) is 11.3. The molecule has 5 heteroatoms. The lowest BCUT2D eigenvalue weighted by Crippen LogP contribution is -2.08. The van der Waals surface area contributed by atoms with E-state index < -0.39 is 0 Å². The summed E-state index contributed by atoms with van der Waals surface area (Å²) in [6.07, 6.45) is 0.611. The molecule has 4 nitrogen and oxygen atoms in total. The molecular weight excluding hydrogens is 307 g/mol. The normalized spacial score (nSPS) is 11.4. The average Bonchev–Trinajstić information content (AvgIpc) is 2.79. The number of nitrogens with zero attached hydrogens (tertiary/aromatic N) is 2. The van der Waals surface area contributed by atoms with Gasteiger partial charge in [0.2, 0.25) is 5.88 Å². The van der Waals surface area contributed by atoms with Gasteiger partial charge in [0, 0.05) is 23.7 Å². The fourth-order valence-corrected chi connectivity index (χ4v) is 2.68. The summed E-state index contributed by atoms with van der Waals surface area (Å²) in [4.78, 5) is 0. The number of halogens is 1. The zero-order valence-corrected chi connectivity index (χ0v) is 15.4. The van der Waals surface area contributed by atoms with E-state index in [1.807, 2.05) is 38.4 Å². The second-order valence-corrected chi connectivity index (χ2v) is 6.45. The van der Waals surface area contributed by atoms with E-state index in [4.69, 9.17) is 9.47 Å². The fourth-order valence-electron chi connectivity index (χ4n) is 2.68. The number of benzene rings is 1. The van der Waals surface area contributed by atoms with Crippen molar-refractivity contribution in [3.63, 3.8) is 0 Å². The topological polar surface area (TPSA) is 36.3 Å². The zero-order chi connectivity index (χ0) is 17.9. The Morgan fingerprint density at radius 3 is 2.46 bits per heavy atom. The van der Waals surface area contributed by atoms with Crippen LogP contribution in [0.5, 0.6) is 11.6 Å². The Hall–Kier alpha value is -2.04. The summed E-state index contributed by atoms with van der Waals surface area (Å²) in [6.45, 7) is 12.4. The lowest BCUT2D eigenvalue weighted by Gasteiger charge is -2.10. The van der Waals surface area contributed by atoms with E-state index in [1.165, 1.54) is 6.07 Å². The highest BCUT2D eigenvalue weighted by atomic mass is 19.1. The molecule has 0 aliphatic carbocycles. The molecular formula is C19H27FN2O2. The minimum absolute atomic E-state index is 0.0377. The first-order valence-corrected chi connectivity index (χ1v) is 8.49. The first-order valence-electron chi connectivity index (χ1n) is 8.49. The van der Waals surface area contributed by atoms with Gasteiger partial charge in [-0.3, -0.25) is 4.68 Å². The minimum atomic E-state index is -0.338. The van der Waals surface area contributed by atoms with Crippen LogP contribution < -0.4 is 9.47 Å². The zero-order valence-electron chi connectivity index (χ0n) is 15.4. The van der Waals surface area contributed by atoms with Crippen molar-refractivity contribution < 1.29 is 13.9 Å². The van der Waals surface area contributed by atoms with Gasteiger partial charge in [0.25, 0.3) is 0 Å². The maximum Gasteiger partial charge on any atom is 0.236 e. The predicted octanol–water partition coefficient (Wildman–Crippen LogP) is 4.69. The summed E-state index contributed by atoms with van der Waals surface area (Å²) in [6, 6.07) is 5.33. The van der Waals surface area contributed by atoms with Crippen molar-refractivity contribution in [2.45, 2.75) is 60.1 Å². The molecule has 2 aromatic rings. The van der Waals surface area contributed by atoms with E-state index in [0.717, 1.165) is 16.8 Å². The Kier molecular flexibility index (Phi) is 5.86. The van der Waals surface area contributed by atoms with Gasteiger partial charge in [-0.1, -0.05) is 6.07 Å². The summed E-state index contributed by atoms with van der Waals surface area (Å²) in [5.74, 6) is 0.578. The molecule has 0 atom stereocenters. The Morgan fingerprint density at radius 1 is 1.21 bits per heavy atom. The molecule has 0 spiro atoms. The largest absolute Gasteiger partial charge is 0.491 e. The molecule has 1 heterocycles. The lowest BCUT2D eigenvalue weighted by atomic mass is 10.0. The van der Waals surface area contributed by atoms with Crippen LogP contribution in [-0.4, -0.2) is 22.5 Å². The minimum Gasteiger partial charge on any atom is -0.491 e. The summed E-state index contributed by atoms with van der Waals surface area (Å²) in [5.41, 5.74) is 2.92. The van der Waals surface area contributed by atoms with Crippen molar-refractivity contribution in [3.8, 4) is 11.6 Å². The van der Waals surface area contributed by atoms with E-state index in [9.17, 15) is 4.39 Å². The quantitative estimate of drug-likeness (QED) is 0.737. The SMILES string of the molecule is CCOc1ccc(Cc2c(OC(C)C)nn(C(C)C)c2C)cc1F. The molecule has 1 aromatic heterocycles. The Balaban J connectivity index is 2.35. The molecule has 0 unspecified atom stereocenters.